The van der Waals surface area contributed by atoms with E-state index in [1.54, 1.807) is 0 Å². The second-order valence-corrected chi connectivity index (χ2v) is 9.02. The summed E-state index contributed by atoms with van der Waals surface area (Å²) in [6, 6.07) is 30.7. The molecule has 3 nitrogen and oxygen atoms in total. The van der Waals surface area contributed by atoms with Crippen molar-refractivity contribution in [2.75, 3.05) is 4.43 Å². The van der Waals surface area contributed by atoms with Gasteiger partial charge in [0.2, 0.25) is 5.60 Å². The molecule has 1 unspecified atom stereocenters. The number of fused-ring (bicyclic) bond motifs is 1. The van der Waals surface area contributed by atoms with E-state index >= 15 is 0 Å². The molecule has 152 valence electrons. The monoisotopic (exact) mass is 510 g/mol. The molecule has 3 aromatic rings. The van der Waals surface area contributed by atoms with Crippen LogP contribution in [0.5, 0.6) is 0 Å². The molecule has 5 rings (SSSR count). The van der Waals surface area contributed by atoms with Crippen LogP contribution in [0.25, 0.3) is 0 Å². The minimum atomic E-state index is -0.926. The molecule has 0 bridgehead atoms. The van der Waals surface area contributed by atoms with Crippen molar-refractivity contribution in [3.63, 3.8) is 0 Å². The average molecular weight is 510 g/mol. The quantitative estimate of drug-likeness (QED) is 0.196. The van der Waals surface area contributed by atoms with Crippen LogP contribution in [0.4, 0.5) is 0 Å². The highest BCUT2D eigenvalue weighted by Crippen LogP contribution is 2.66. The Morgan fingerprint density at radius 1 is 0.667 bits per heavy atom. The molecule has 0 aromatic heterocycles. The van der Waals surface area contributed by atoms with Crippen molar-refractivity contribution >= 4 is 28.6 Å². The molecule has 2 saturated heterocycles. The molecule has 0 amide bonds. The molecule has 0 aliphatic carbocycles. The van der Waals surface area contributed by atoms with Gasteiger partial charge in [-0.15, -0.1) is 0 Å². The van der Waals surface area contributed by atoms with E-state index in [-0.39, 0.29) is 5.97 Å². The normalized spacial score (nSPS) is 29.3. The summed E-state index contributed by atoms with van der Waals surface area (Å²) in [6.07, 6.45) is 1.83. The number of cyclic esters (lactones) is 1. The lowest BCUT2D eigenvalue weighted by atomic mass is 9.73. The number of carbonyl (C=O) groups excluding carboxylic acids is 1. The van der Waals surface area contributed by atoms with E-state index in [0.29, 0.717) is 23.7 Å². The fourth-order valence-electron chi connectivity index (χ4n) is 4.93. The van der Waals surface area contributed by atoms with Crippen molar-refractivity contribution in [3.8, 4) is 0 Å². The Kier molecular flexibility index (Phi) is 4.94. The van der Waals surface area contributed by atoms with Gasteiger partial charge in [-0.25, -0.2) is 4.79 Å². The molecule has 0 spiro atoms. The minimum Gasteiger partial charge on any atom is -0.452 e. The van der Waals surface area contributed by atoms with Crippen molar-refractivity contribution in [1.82, 2.24) is 0 Å². The third-order valence-corrected chi connectivity index (χ3v) is 7.69. The molecule has 2 aliphatic heterocycles. The van der Waals surface area contributed by atoms with E-state index in [9.17, 15) is 4.79 Å². The number of halogens is 1. The number of alkyl halides is 1. The molecule has 0 N–H and O–H groups in total. The van der Waals surface area contributed by atoms with Crippen LogP contribution >= 0.6 is 22.6 Å². The summed E-state index contributed by atoms with van der Waals surface area (Å²) < 4.78 is 13.5. The molecule has 2 aliphatic rings. The minimum absolute atomic E-state index is 0.227. The maximum atomic E-state index is 13.4. The van der Waals surface area contributed by atoms with Gasteiger partial charge in [0.1, 0.15) is 0 Å². The second kappa shape index (κ2) is 7.50. The number of ether oxygens (including phenoxy) is 2. The lowest BCUT2D eigenvalue weighted by Gasteiger charge is -2.34. The smallest absolute Gasteiger partial charge is 0.342 e. The largest absolute Gasteiger partial charge is 0.452 e. The molecular formula is C26H23IO3. The van der Waals surface area contributed by atoms with Gasteiger partial charge in [-0.3, -0.25) is 0 Å². The van der Waals surface area contributed by atoms with E-state index in [2.05, 4.69) is 59.0 Å². The van der Waals surface area contributed by atoms with E-state index < -0.39 is 16.8 Å². The van der Waals surface area contributed by atoms with Crippen LogP contribution in [0.15, 0.2) is 91.0 Å². The summed E-state index contributed by atoms with van der Waals surface area (Å²) in [5, 5.41) is 0. The Labute approximate surface area is 190 Å². The van der Waals surface area contributed by atoms with Crippen molar-refractivity contribution in [3.05, 3.63) is 108 Å². The Morgan fingerprint density at radius 2 is 1.13 bits per heavy atom. The summed E-state index contributed by atoms with van der Waals surface area (Å²) >= 11 is 2.35. The Morgan fingerprint density at radius 3 is 1.63 bits per heavy atom. The van der Waals surface area contributed by atoms with Crippen LogP contribution in [0.2, 0.25) is 0 Å². The van der Waals surface area contributed by atoms with Crippen molar-refractivity contribution in [1.29, 1.82) is 0 Å². The van der Waals surface area contributed by atoms with Crippen molar-refractivity contribution < 1.29 is 14.3 Å². The first kappa shape index (κ1) is 19.8. The molecular weight excluding hydrogens is 487 g/mol. The summed E-state index contributed by atoms with van der Waals surface area (Å²) in [6.45, 7) is 0. The highest BCUT2D eigenvalue weighted by atomic mass is 127. The first-order chi connectivity index (χ1) is 14.6. The van der Waals surface area contributed by atoms with Crippen LogP contribution in [-0.2, 0) is 33.5 Å². The first-order valence-corrected chi connectivity index (χ1v) is 11.8. The molecule has 3 atom stereocenters. The number of epoxide rings is 1. The van der Waals surface area contributed by atoms with Crippen LogP contribution in [0, 0.1) is 0 Å². The van der Waals surface area contributed by atoms with E-state index in [1.807, 2.05) is 54.6 Å². The fourth-order valence-corrected chi connectivity index (χ4v) is 5.97. The number of rotatable bonds is 7. The van der Waals surface area contributed by atoms with Crippen LogP contribution in [0.1, 0.15) is 16.7 Å². The van der Waals surface area contributed by atoms with Crippen LogP contribution in [0.3, 0.4) is 0 Å². The van der Waals surface area contributed by atoms with Gasteiger partial charge in [-0.05, 0) is 16.7 Å². The molecule has 2 fully saturated rings. The zero-order valence-corrected chi connectivity index (χ0v) is 18.7. The average Bonchev–Trinajstić information content (AvgIpc) is 3.39. The maximum absolute atomic E-state index is 13.4. The fraction of sp³-hybridized carbons (Fsp3) is 0.269. The Bertz CT molecular complexity index is 1040. The highest BCUT2D eigenvalue weighted by Gasteiger charge is 2.88. The summed E-state index contributed by atoms with van der Waals surface area (Å²) in [7, 11) is 0. The van der Waals surface area contributed by atoms with E-state index in [4.69, 9.17) is 9.47 Å². The van der Waals surface area contributed by atoms with Gasteiger partial charge in [0.25, 0.3) is 0 Å². The predicted molar refractivity (Wildman–Crippen MR) is 125 cm³/mol. The van der Waals surface area contributed by atoms with Gasteiger partial charge >= 0.3 is 5.97 Å². The number of hydrogen-bond donors (Lipinski definition) is 0. The number of carbonyl (C=O) groups is 1. The van der Waals surface area contributed by atoms with Crippen molar-refractivity contribution in [2.24, 2.45) is 0 Å². The third kappa shape index (κ3) is 3.00. The van der Waals surface area contributed by atoms with Gasteiger partial charge in [-0.1, -0.05) is 114 Å². The lowest BCUT2D eigenvalue weighted by Crippen LogP contribution is -2.50. The molecule has 30 heavy (non-hydrogen) atoms. The standard InChI is InChI=1S/C26H23IO3/c27-19-24(16-20-10-4-1-5-11-20)26(18-22-14-8-3-9-15-22)25(30-26,23(28)29-24)17-21-12-6-2-7-13-21/h1-15H,16-19H2/t24?,25-,26+/m1/s1. The highest BCUT2D eigenvalue weighted by molar-refractivity contribution is 14.1. The molecule has 4 heteroatoms. The zero-order valence-electron chi connectivity index (χ0n) is 16.6. The predicted octanol–water partition coefficient (Wildman–Crippen LogP) is 4.95. The van der Waals surface area contributed by atoms with Crippen LogP contribution < -0.4 is 0 Å². The Balaban J connectivity index is 1.58. The summed E-state index contributed by atoms with van der Waals surface area (Å²) in [4.78, 5) is 13.4. The maximum Gasteiger partial charge on any atom is 0.342 e. The SMILES string of the molecule is O=C1OC(CI)(Cc2ccccc2)[C@]2(Cc3ccccc3)O[C@]12Cc1ccccc1. The van der Waals surface area contributed by atoms with Crippen LogP contribution in [-0.4, -0.2) is 27.2 Å². The molecule has 0 saturated carbocycles. The molecule has 3 aromatic carbocycles. The summed E-state index contributed by atoms with van der Waals surface area (Å²) in [5.74, 6) is -0.227. The lowest BCUT2D eigenvalue weighted by molar-refractivity contribution is -0.165. The van der Waals surface area contributed by atoms with E-state index in [0.717, 1.165) is 16.7 Å². The number of benzene rings is 3. The Hall–Kier alpha value is -2.18. The molecule has 0 radical (unpaired) electrons. The number of esters is 1. The van der Waals surface area contributed by atoms with Gasteiger partial charge in [0, 0.05) is 23.7 Å². The number of hydrogen-bond acceptors (Lipinski definition) is 3. The zero-order chi connectivity index (χ0) is 20.7. The van der Waals surface area contributed by atoms with Gasteiger partial charge < -0.3 is 9.47 Å². The summed E-state index contributed by atoms with van der Waals surface area (Å²) in [5.41, 5.74) is 1.10. The topological polar surface area (TPSA) is 38.8 Å². The van der Waals surface area contributed by atoms with Crippen molar-refractivity contribution in [2.45, 2.75) is 36.1 Å². The van der Waals surface area contributed by atoms with E-state index in [1.165, 1.54) is 0 Å². The molecule has 2 heterocycles. The van der Waals surface area contributed by atoms with Gasteiger partial charge in [0.05, 0.1) is 0 Å². The first-order valence-electron chi connectivity index (χ1n) is 10.2. The second-order valence-electron chi connectivity index (χ2n) is 8.26. The van der Waals surface area contributed by atoms with Gasteiger partial charge in [-0.2, -0.15) is 0 Å². The third-order valence-electron chi connectivity index (χ3n) is 6.45. The van der Waals surface area contributed by atoms with Gasteiger partial charge in [0.15, 0.2) is 11.2 Å².